The summed E-state index contributed by atoms with van der Waals surface area (Å²) in [5, 5.41) is 0. The van der Waals surface area contributed by atoms with E-state index in [9.17, 15) is 0 Å². The van der Waals surface area contributed by atoms with E-state index in [2.05, 4.69) is 18.8 Å². The van der Waals surface area contributed by atoms with Crippen LogP contribution in [0.15, 0.2) is 0 Å². The van der Waals surface area contributed by atoms with E-state index >= 15 is 0 Å². The highest BCUT2D eigenvalue weighted by molar-refractivity contribution is 4.98. The molecule has 0 fully saturated rings. The second kappa shape index (κ2) is 8.52. The van der Waals surface area contributed by atoms with Crippen molar-refractivity contribution in [3.63, 3.8) is 0 Å². The fraction of sp³-hybridized carbons (Fsp3) is 0.778. The van der Waals surface area contributed by atoms with Crippen LogP contribution in [0.25, 0.3) is 0 Å². The van der Waals surface area contributed by atoms with Gasteiger partial charge >= 0.3 is 0 Å². The van der Waals surface area contributed by atoms with Gasteiger partial charge in [-0.15, -0.1) is 11.8 Å². The highest BCUT2D eigenvalue weighted by Gasteiger charge is 1.77. The van der Waals surface area contributed by atoms with Crippen LogP contribution in [0, 0.1) is 11.8 Å². The zero-order valence-corrected chi connectivity index (χ0v) is 6.82. The first kappa shape index (κ1) is 9.52. The zero-order chi connectivity index (χ0) is 7.66. The van der Waals surface area contributed by atoms with Gasteiger partial charge < -0.3 is 5.73 Å². The first-order chi connectivity index (χ1) is 4.91. The van der Waals surface area contributed by atoms with E-state index in [1.807, 2.05) is 0 Å². The lowest BCUT2D eigenvalue weighted by Crippen LogP contribution is -1.96. The molecular formula is C9H17N. The topological polar surface area (TPSA) is 26.0 Å². The van der Waals surface area contributed by atoms with Gasteiger partial charge in [-0.25, -0.2) is 0 Å². The van der Waals surface area contributed by atoms with Gasteiger partial charge in [0.2, 0.25) is 0 Å². The van der Waals surface area contributed by atoms with Gasteiger partial charge in [-0.3, -0.25) is 0 Å². The summed E-state index contributed by atoms with van der Waals surface area (Å²) >= 11 is 0. The van der Waals surface area contributed by atoms with Crippen LogP contribution < -0.4 is 5.73 Å². The zero-order valence-electron chi connectivity index (χ0n) is 6.82. The van der Waals surface area contributed by atoms with Crippen molar-refractivity contribution in [2.24, 2.45) is 5.73 Å². The van der Waals surface area contributed by atoms with E-state index in [-0.39, 0.29) is 0 Å². The smallest absolute Gasteiger partial charge is 0.0101 e. The molecule has 0 radical (unpaired) electrons. The number of hydrogen-bond acceptors (Lipinski definition) is 1. The van der Waals surface area contributed by atoms with Gasteiger partial charge in [-0.05, 0) is 19.4 Å². The van der Waals surface area contributed by atoms with E-state index in [0.29, 0.717) is 0 Å². The van der Waals surface area contributed by atoms with E-state index < -0.39 is 0 Å². The van der Waals surface area contributed by atoms with Crippen LogP contribution in [0.4, 0.5) is 0 Å². The summed E-state index contributed by atoms with van der Waals surface area (Å²) in [7, 11) is 0. The predicted molar refractivity (Wildman–Crippen MR) is 45.6 cm³/mol. The molecule has 0 saturated carbocycles. The van der Waals surface area contributed by atoms with E-state index in [0.717, 1.165) is 25.8 Å². The molecule has 0 atom stereocenters. The monoisotopic (exact) mass is 139 g/mol. The average Bonchev–Trinajstić information content (AvgIpc) is 1.97. The number of nitrogens with two attached hydrogens (primary N) is 1. The third-order valence-corrected chi connectivity index (χ3v) is 1.29. The van der Waals surface area contributed by atoms with Crippen molar-refractivity contribution >= 4 is 0 Å². The van der Waals surface area contributed by atoms with Crippen LogP contribution in [0.1, 0.15) is 39.0 Å². The van der Waals surface area contributed by atoms with Crippen LogP contribution in [-0.4, -0.2) is 6.54 Å². The van der Waals surface area contributed by atoms with E-state index in [1.165, 1.54) is 12.8 Å². The lowest BCUT2D eigenvalue weighted by Gasteiger charge is -1.85. The third kappa shape index (κ3) is 7.52. The van der Waals surface area contributed by atoms with Crippen molar-refractivity contribution in [3.8, 4) is 11.8 Å². The molecule has 0 spiro atoms. The second-order valence-electron chi connectivity index (χ2n) is 2.35. The molecule has 10 heavy (non-hydrogen) atoms. The number of unbranched alkanes of at least 4 members (excludes halogenated alkanes) is 3. The van der Waals surface area contributed by atoms with E-state index in [4.69, 9.17) is 5.73 Å². The molecule has 0 amide bonds. The van der Waals surface area contributed by atoms with Crippen molar-refractivity contribution in [3.05, 3.63) is 0 Å². The molecule has 0 saturated heterocycles. The summed E-state index contributed by atoms with van der Waals surface area (Å²) in [5.41, 5.74) is 5.30. The Balaban J connectivity index is 2.98. The standard InChI is InChI=1S/C9H17N/c1-2-3-4-5-6-7-8-9-10/h2-4,7-10H2,1H3. The van der Waals surface area contributed by atoms with Gasteiger partial charge in [-0.1, -0.05) is 13.3 Å². The molecule has 0 aliphatic rings. The minimum atomic E-state index is 0.766. The first-order valence-corrected chi connectivity index (χ1v) is 4.07. The van der Waals surface area contributed by atoms with Crippen LogP contribution in [0.3, 0.4) is 0 Å². The van der Waals surface area contributed by atoms with Gasteiger partial charge in [0, 0.05) is 12.8 Å². The summed E-state index contributed by atoms with van der Waals surface area (Å²) in [4.78, 5) is 0. The lowest BCUT2D eigenvalue weighted by atomic mass is 10.2. The molecule has 0 bridgehead atoms. The molecule has 0 aliphatic carbocycles. The molecule has 2 N–H and O–H groups in total. The maximum absolute atomic E-state index is 5.30. The Morgan fingerprint density at radius 2 is 1.70 bits per heavy atom. The highest BCUT2D eigenvalue weighted by atomic mass is 14.5. The van der Waals surface area contributed by atoms with Crippen LogP contribution in [0.5, 0.6) is 0 Å². The molecule has 1 nitrogen and oxygen atoms in total. The fourth-order valence-corrected chi connectivity index (χ4v) is 0.632. The first-order valence-electron chi connectivity index (χ1n) is 4.07. The Morgan fingerprint density at radius 1 is 1.10 bits per heavy atom. The van der Waals surface area contributed by atoms with Crippen molar-refractivity contribution < 1.29 is 0 Å². The number of hydrogen-bond donors (Lipinski definition) is 1. The maximum Gasteiger partial charge on any atom is 0.0101 e. The van der Waals surface area contributed by atoms with Crippen LogP contribution in [-0.2, 0) is 0 Å². The normalized spacial score (nSPS) is 8.60. The second-order valence-corrected chi connectivity index (χ2v) is 2.35. The molecule has 0 aromatic heterocycles. The van der Waals surface area contributed by atoms with Crippen molar-refractivity contribution in [2.75, 3.05) is 6.54 Å². The van der Waals surface area contributed by atoms with Gasteiger partial charge in [0.1, 0.15) is 0 Å². The largest absolute Gasteiger partial charge is 0.330 e. The SMILES string of the molecule is CCCCC#CCCCN. The number of rotatable bonds is 4. The summed E-state index contributed by atoms with van der Waals surface area (Å²) in [6.07, 6.45) is 5.54. The quantitative estimate of drug-likeness (QED) is 0.467. The molecule has 0 unspecified atom stereocenters. The lowest BCUT2D eigenvalue weighted by molar-refractivity contribution is 0.824. The average molecular weight is 139 g/mol. The molecule has 0 heterocycles. The summed E-state index contributed by atoms with van der Waals surface area (Å²) in [5.74, 6) is 6.21. The summed E-state index contributed by atoms with van der Waals surface area (Å²) < 4.78 is 0. The Bertz CT molecular complexity index is 95.6. The molecular weight excluding hydrogens is 122 g/mol. The molecule has 0 aromatic carbocycles. The molecule has 0 aromatic rings. The third-order valence-electron chi connectivity index (χ3n) is 1.29. The molecule has 58 valence electrons. The Kier molecular flexibility index (Phi) is 8.11. The van der Waals surface area contributed by atoms with Crippen molar-refractivity contribution in [1.29, 1.82) is 0 Å². The van der Waals surface area contributed by atoms with Gasteiger partial charge in [0.15, 0.2) is 0 Å². The molecule has 1 heteroatoms. The fourth-order valence-electron chi connectivity index (χ4n) is 0.632. The highest BCUT2D eigenvalue weighted by Crippen LogP contribution is 1.91. The Hall–Kier alpha value is -0.480. The molecule has 0 aliphatic heterocycles. The Morgan fingerprint density at radius 3 is 2.20 bits per heavy atom. The Labute approximate surface area is 64.0 Å². The van der Waals surface area contributed by atoms with Crippen LogP contribution >= 0.6 is 0 Å². The van der Waals surface area contributed by atoms with E-state index in [1.54, 1.807) is 0 Å². The van der Waals surface area contributed by atoms with Crippen molar-refractivity contribution in [1.82, 2.24) is 0 Å². The van der Waals surface area contributed by atoms with Gasteiger partial charge in [0.05, 0.1) is 0 Å². The van der Waals surface area contributed by atoms with Gasteiger partial charge in [0.25, 0.3) is 0 Å². The predicted octanol–water partition coefficient (Wildman–Crippen LogP) is 1.92. The molecule has 0 rings (SSSR count). The van der Waals surface area contributed by atoms with Crippen molar-refractivity contribution in [2.45, 2.75) is 39.0 Å². The maximum atomic E-state index is 5.30. The summed E-state index contributed by atoms with van der Waals surface area (Å²) in [6, 6.07) is 0. The van der Waals surface area contributed by atoms with Crippen LogP contribution in [0.2, 0.25) is 0 Å². The minimum absolute atomic E-state index is 0.766. The minimum Gasteiger partial charge on any atom is -0.330 e. The summed E-state index contributed by atoms with van der Waals surface area (Å²) in [6.45, 7) is 2.95. The van der Waals surface area contributed by atoms with Gasteiger partial charge in [-0.2, -0.15) is 0 Å².